The maximum Gasteiger partial charge on any atom is 0.155 e. The second-order valence-corrected chi connectivity index (χ2v) is 5.71. The molecule has 1 saturated heterocycles. The van der Waals surface area contributed by atoms with Crippen LogP contribution >= 0.6 is 15.9 Å². The van der Waals surface area contributed by atoms with Gasteiger partial charge in [0.1, 0.15) is 0 Å². The molecular weight excluding hydrogens is 292 g/mol. The van der Waals surface area contributed by atoms with Gasteiger partial charge in [-0.1, -0.05) is 6.42 Å². The summed E-state index contributed by atoms with van der Waals surface area (Å²) in [5, 5.41) is 0. The summed E-state index contributed by atoms with van der Waals surface area (Å²) in [6.07, 6.45) is 5.12. The normalized spacial score (nSPS) is 16.8. The van der Waals surface area contributed by atoms with Gasteiger partial charge < -0.3 is 15.4 Å². The number of ether oxygens (including phenoxy) is 1. The minimum absolute atomic E-state index is 0.709. The van der Waals surface area contributed by atoms with Crippen LogP contribution in [0.5, 0.6) is 5.75 Å². The monoisotopic (exact) mass is 312 g/mol. The fourth-order valence-corrected chi connectivity index (χ4v) is 3.19. The van der Waals surface area contributed by atoms with Gasteiger partial charge in [-0.2, -0.15) is 0 Å². The molecule has 1 aromatic rings. The average molecular weight is 313 g/mol. The molecule has 0 bridgehead atoms. The Morgan fingerprint density at radius 3 is 2.61 bits per heavy atom. The van der Waals surface area contributed by atoms with Crippen molar-refractivity contribution < 1.29 is 4.74 Å². The quantitative estimate of drug-likeness (QED) is 0.868. The maximum atomic E-state index is 5.97. The van der Waals surface area contributed by atoms with Crippen molar-refractivity contribution in [2.45, 2.75) is 25.7 Å². The molecule has 0 aromatic heterocycles. The highest BCUT2D eigenvalue weighted by Crippen LogP contribution is 2.32. The van der Waals surface area contributed by atoms with Gasteiger partial charge in [-0.05, 0) is 66.0 Å². The molecule has 0 spiro atoms. The van der Waals surface area contributed by atoms with Gasteiger partial charge >= 0.3 is 0 Å². The zero-order valence-electron chi connectivity index (χ0n) is 10.9. The van der Waals surface area contributed by atoms with Crippen molar-refractivity contribution in [3.63, 3.8) is 0 Å². The highest BCUT2D eigenvalue weighted by Gasteiger charge is 2.11. The van der Waals surface area contributed by atoms with E-state index >= 15 is 0 Å². The van der Waals surface area contributed by atoms with Gasteiger partial charge in [0.05, 0.1) is 17.3 Å². The first-order valence-corrected chi connectivity index (χ1v) is 7.34. The zero-order chi connectivity index (χ0) is 13.0. The Labute approximate surface area is 117 Å². The van der Waals surface area contributed by atoms with Crippen molar-refractivity contribution in [1.82, 2.24) is 4.90 Å². The van der Waals surface area contributed by atoms with Crippen molar-refractivity contribution in [2.24, 2.45) is 0 Å². The van der Waals surface area contributed by atoms with Crippen LogP contribution in [0.4, 0.5) is 5.69 Å². The van der Waals surface area contributed by atoms with E-state index in [1.54, 1.807) is 7.11 Å². The number of likely N-dealkylation sites (tertiary alicyclic amines) is 1. The Morgan fingerprint density at radius 2 is 2.00 bits per heavy atom. The summed E-state index contributed by atoms with van der Waals surface area (Å²) >= 11 is 3.51. The van der Waals surface area contributed by atoms with Gasteiger partial charge in [-0.3, -0.25) is 0 Å². The summed E-state index contributed by atoms with van der Waals surface area (Å²) in [4.78, 5) is 2.54. The Balaban J connectivity index is 1.96. The number of rotatable bonds is 4. The van der Waals surface area contributed by atoms with Crippen molar-refractivity contribution in [3.8, 4) is 5.75 Å². The van der Waals surface area contributed by atoms with Gasteiger partial charge in [0.25, 0.3) is 0 Å². The molecule has 0 amide bonds. The first-order chi connectivity index (χ1) is 8.70. The van der Waals surface area contributed by atoms with Crippen LogP contribution in [0.2, 0.25) is 0 Å². The predicted octanol–water partition coefficient (Wildman–Crippen LogP) is 3.07. The molecule has 0 radical (unpaired) electrons. The highest BCUT2D eigenvalue weighted by molar-refractivity contribution is 9.10. The number of piperidine rings is 1. The lowest BCUT2D eigenvalue weighted by Gasteiger charge is -2.26. The smallest absolute Gasteiger partial charge is 0.155 e. The molecule has 0 saturated carbocycles. The Kier molecular flexibility index (Phi) is 4.89. The lowest BCUT2D eigenvalue weighted by molar-refractivity contribution is 0.231. The minimum atomic E-state index is 0.709. The maximum absolute atomic E-state index is 5.97. The number of anilines is 1. The van der Waals surface area contributed by atoms with Crippen LogP contribution < -0.4 is 10.5 Å². The average Bonchev–Trinajstić information content (AvgIpc) is 2.37. The molecule has 4 heteroatoms. The van der Waals surface area contributed by atoms with Gasteiger partial charge in [-0.25, -0.2) is 0 Å². The Hall–Kier alpha value is -0.740. The van der Waals surface area contributed by atoms with E-state index in [-0.39, 0.29) is 0 Å². The van der Waals surface area contributed by atoms with Crippen LogP contribution in [0.1, 0.15) is 24.8 Å². The van der Waals surface area contributed by atoms with Gasteiger partial charge in [0.2, 0.25) is 0 Å². The van der Waals surface area contributed by atoms with Crippen LogP contribution in [-0.4, -0.2) is 31.6 Å². The topological polar surface area (TPSA) is 38.5 Å². The molecule has 1 heterocycles. The second-order valence-electron chi connectivity index (χ2n) is 4.85. The summed E-state index contributed by atoms with van der Waals surface area (Å²) in [7, 11) is 1.64. The second kappa shape index (κ2) is 6.43. The molecule has 3 nitrogen and oxygen atoms in total. The molecule has 1 aliphatic heterocycles. The molecule has 1 aliphatic rings. The predicted molar refractivity (Wildman–Crippen MR) is 79.1 cm³/mol. The fourth-order valence-electron chi connectivity index (χ4n) is 2.50. The molecular formula is C14H21BrN2O. The number of nitrogen functional groups attached to an aromatic ring is 1. The van der Waals surface area contributed by atoms with Crippen molar-refractivity contribution in [2.75, 3.05) is 32.5 Å². The minimum Gasteiger partial charge on any atom is -0.493 e. The number of hydrogen-bond acceptors (Lipinski definition) is 3. The molecule has 0 aliphatic carbocycles. The van der Waals surface area contributed by atoms with Gasteiger partial charge in [-0.15, -0.1) is 0 Å². The first kappa shape index (κ1) is 13.7. The zero-order valence-corrected chi connectivity index (χ0v) is 12.5. The van der Waals surface area contributed by atoms with Crippen molar-refractivity contribution in [3.05, 3.63) is 22.2 Å². The number of nitrogens with two attached hydrogens (primary N) is 1. The van der Waals surface area contributed by atoms with E-state index in [1.165, 1.54) is 37.9 Å². The molecule has 100 valence electrons. The number of methoxy groups -OCH3 is 1. The van der Waals surface area contributed by atoms with E-state index in [0.717, 1.165) is 23.2 Å². The van der Waals surface area contributed by atoms with E-state index in [2.05, 4.69) is 26.9 Å². The number of nitrogens with zero attached hydrogens (tertiary/aromatic N) is 1. The summed E-state index contributed by atoms with van der Waals surface area (Å²) in [6, 6.07) is 4.13. The van der Waals surface area contributed by atoms with E-state index in [9.17, 15) is 0 Å². The van der Waals surface area contributed by atoms with Crippen LogP contribution in [0.3, 0.4) is 0 Å². The SMILES string of the molecule is COc1c(N)cc(CCN2CCCCC2)cc1Br. The van der Waals surface area contributed by atoms with Crippen LogP contribution in [0.15, 0.2) is 16.6 Å². The third-order valence-electron chi connectivity index (χ3n) is 3.50. The molecule has 2 rings (SSSR count). The Bertz CT molecular complexity index is 380. The number of hydrogen-bond donors (Lipinski definition) is 1. The molecule has 0 atom stereocenters. The van der Waals surface area contributed by atoms with E-state index in [4.69, 9.17) is 10.5 Å². The molecule has 1 aromatic carbocycles. The third-order valence-corrected chi connectivity index (χ3v) is 4.09. The summed E-state index contributed by atoms with van der Waals surface area (Å²) in [6.45, 7) is 3.61. The summed E-state index contributed by atoms with van der Waals surface area (Å²) in [5.74, 6) is 0.733. The molecule has 1 fully saturated rings. The summed E-state index contributed by atoms with van der Waals surface area (Å²) in [5.41, 5.74) is 7.95. The number of benzene rings is 1. The van der Waals surface area contributed by atoms with E-state index in [0.29, 0.717) is 5.69 Å². The van der Waals surface area contributed by atoms with Gasteiger partial charge in [0, 0.05) is 6.54 Å². The van der Waals surface area contributed by atoms with Crippen LogP contribution in [-0.2, 0) is 6.42 Å². The van der Waals surface area contributed by atoms with Gasteiger partial charge in [0.15, 0.2) is 5.75 Å². The molecule has 2 N–H and O–H groups in total. The van der Waals surface area contributed by atoms with Crippen molar-refractivity contribution >= 4 is 21.6 Å². The number of halogens is 1. The van der Waals surface area contributed by atoms with Crippen LogP contribution in [0.25, 0.3) is 0 Å². The lowest BCUT2D eigenvalue weighted by atomic mass is 10.1. The van der Waals surface area contributed by atoms with E-state index < -0.39 is 0 Å². The lowest BCUT2D eigenvalue weighted by Crippen LogP contribution is -2.31. The fraction of sp³-hybridized carbons (Fsp3) is 0.571. The Morgan fingerprint density at radius 1 is 1.28 bits per heavy atom. The van der Waals surface area contributed by atoms with Crippen LogP contribution in [0, 0.1) is 0 Å². The largest absolute Gasteiger partial charge is 0.493 e. The van der Waals surface area contributed by atoms with Crippen molar-refractivity contribution in [1.29, 1.82) is 0 Å². The standard InChI is InChI=1S/C14H21BrN2O/c1-18-14-12(15)9-11(10-13(14)16)5-8-17-6-3-2-4-7-17/h9-10H,2-8,16H2,1H3. The highest BCUT2D eigenvalue weighted by atomic mass is 79.9. The first-order valence-electron chi connectivity index (χ1n) is 6.55. The van der Waals surface area contributed by atoms with E-state index in [1.807, 2.05) is 6.07 Å². The molecule has 0 unspecified atom stereocenters. The summed E-state index contributed by atoms with van der Waals surface area (Å²) < 4.78 is 6.19. The third kappa shape index (κ3) is 3.39. The molecule has 18 heavy (non-hydrogen) atoms.